The van der Waals surface area contributed by atoms with Crippen LogP contribution in [0.5, 0.6) is 0 Å². The summed E-state index contributed by atoms with van der Waals surface area (Å²) < 4.78 is 0. The van der Waals surface area contributed by atoms with Crippen molar-refractivity contribution in [2.24, 2.45) is 0 Å². The second-order valence-corrected chi connectivity index (χ2v) is 3.96. The molecular weight excluding hydrogens is 188 g/mol. The Morgan fingerprint density at radius 2 is 1.67 bits per heavy atom. The lowest BCUT2D eigenvalue weighted by molar-refractivity contribution is -0.144. The topological polar surface area (TPSA) is 37.3 Å². The Labute approximate surface area is 90.9 Å². The van der Waals surface area contributed by atoms with Crippen molar-refractivity contribution in [2.45, 2.75) is 39.0 Å². The summed E-state index contributed by atoms with van der Waals surface area (Å²) in [5, 5.41) is 9.35. The summed E-state index contributed by atoms with van der Waals surface area (Å²) in [7, 11) is 0. The second kappa shape index (κ2) is 4.47. The van der Waals surface area contributed by atoms with Gasteiger partial charge in [-0.1, -0.05) is 43.7 Å². The van der Waals surface area contributed by atoms with Gasteiger partial charge in [-0.3, -0.25) is 4.79 Å². The minimum absolute atomic E-state index is 0.627. The van der Waals surface area contributed by atoms with E-state index in [1.807, 2.05) is 45.0 Å². The summed E-state index contributed by atoms with van der Waals surface area (Å²) in [6, 6.07) is 7.80. The fourth-order valence-electron chi connectivity index (χ4n) is 1.96. The normalized spacial score (nSPS) is 11.4. The Balaban J connectivity index is 3.20. The van der Waals surface area contributed by atoms with E-state index < -0.39 is 11.4 Å². The SMILES string of the molecule is CCC(CC)(C(=O)O)c1ccc(C)cc1. The standard InChI is InChI=1S/C13H18O2/c1-4-13(5-2,12(14)15)11-8-6-10(3)7-9-11/h6-9H,4-5H2,1-3H3,(H,14,15). The van der Waals surface area contributed by atoms with E-state index >= 15 is 0 Å². The molecule has 0 heterocycles. The molecule has 2 nitrogen and oxygen atoms in total. The van der Waals surface area contributed by atoms with Crippen molar-refractivity contribution in [1.29, 1.82) is 0 Å². The molecule has 0 aliphatic heterocycles. The molecule has 0 amide bonds. The third-order valence-corrected chi connectivity index (χ3v) is 3.22. The lowest BCUT2D eigenvalue weighted by Gasteiger charge is -2.27. The summed E-state index contributed by atoms with van der Waals surface area (Å²) in [5.74, 6) is -0.726. The van der Waals surface area contributed by atoms with Gasteiger partial charge in [0.15, 0.2) is 0 Å². The Hall–Kier alpha value is -1.31. The van der Waals surface area contributed by atoms with Crippen LogP contribution in [0, 0.1) is 6.92 Å². The molecule has 0 aliphatic rings. The molecule has 0 radical (unpaired) electrons. The minimum atomic E-state index is -0.726. The highest BCUT2D eigenvalue weighted by molar-refractivity contribution is 5.81. The molecule has 0 spiro atoms. The van der Waals surface area contributed by atoms with Gasteiger partial charge in [-0.05, 0) is 25.3 Å². The average molecular weight is 206 g/mol. The number of hydrogen-bond donors (Lipinski definition) is 1. The van der Waals surface area contributed by atoms with E-state index in [9.17, 15) is 9.90 Å². The van der Waals surface area contributed by atoms with E-state index in [1.54, 1.807) is 0 Å². The number of carboxylic acid groups (broad SMARTS) is 1. The van der Waals surface area contributed by atoms with Gasteiger partial charge in [0, 0.05) is 0 Å². The molecule has 1 rings (SSSR count). The maximum atomic E-state index is 11.4. The zero-order valence-electron chi connectivity index (χ0n) is 9.58. The molecule has 1 N–H and O–H groups in total. The van der Waals surface area contributed by atoms with Crippen LogP contribution in [0.25, 0.3) is 0 Å². The van der Waals surface area contributed by atoms with Crippen molar-refractivity contribution in [1.82, 2.24) is 0 Å². The van der Waals surface area contributed by atoms with E-state index in [1.165, 1.54) is 0 Å². The first kappa shape index (κ1) is 11.8. The first-order valence-corrected chi connectivity index (χ1v) is 5.37. The van der Waals surface area contributed by atoms with Crippen molar-refractivity contribution >= 4 is 5.97 Å². The van der Waals surface area contributed by atoms with Gasteiger partial charge in [-0.2, -0.15) is 0 Å². The first-order chi connectivity index (χ1) is 7.06. The van der Waals surface area contributed by atoms with Crippen LogP contribution < -0.4 is 0 Å². The van der Waals surface area contributed by atoms with Gasteiger partial charge in [0.05, 0.1) is 5.41 Å². The van der Waals surface area contributed by atoms with Crippen LogP contribution in [0.4, 0.5) is 0 Å². The molecule has 0 fully saturated rings. The molecule has 1 aromatic carbocycles. The van der Waals surface area contributed by atoms with Gasteiger partial charge in [0.2, 0.25) is 0 Å². The van der Waals surface area contributed by atoms with Crippen molar-refractivity contribution in [2.75, 3.05) is 0 Å². The van der Waals surface area contributed by atoms with E-state index in [0.717, 1.165) is 11.1 Å². The first-order valence-electron chi connectivity index (χ1n) is 5.37. The number of carbonyl (C=O) groups is 1. The van der Waals surface area contributed by atoms with Crippen molar-refractivity contribution in [3.63, 3.8) is 0 Å². The predicted molar refractivity (Wildman–Crippen MR) is 61.1 cm³/mol. The number of aryl methyl sites for hydroxylation is 1. The molecular formula is C13H18O2. The van der Waals surface area contributed by atoms with E-state index in [4.69, 9.17) is 0 Å². The number of aliphatic carboxylic acids is 1. The van der Waals surface area contributed by atoms with Crippen molar-refractivity contribution in [3.8, 4) is 0 Å². The summed E-state index contributed by atoms with van der Waals surface area (Å²) in [6.45, 7) is 5.86. The van der Waals surface area contributed by atoms with Crippen LogP contribution in [-0.2, 0) is 10.2 Å². The highest BCUT2D eigenvalue weighted by Gasteiger charge is 2.36. The maximum Gasteiger partial charge on any atom is 0.314 e. The number of hydrogen-bond acceptors (Lipinski definition) is 1. The van der Waals surface area contributed by atoms with Crippen LogP contribution in [0.2, 0.25) is 0 Å². The number of benzene rings is 1. The lowest BCUT2D eigenvalue weighted by atomic mass is 9.76. The quantitative estimate of drug-likeness (QED) is 0.821. The molecule has 0 atom stereocenters. The Bertz CT molecular complexity index is 334. The Morgan fingerprint density at radius 1 is 1.20 bits per heavy atom. The molecule has 0 aliphatic carbocycles. The smallest absolute Gasteiger partial charge is 0.314 e. The second-order valence-electron chi connectivity index (χ2n) is 3.96. The third-order valence-electron chi connectivity index (χ3n) is 3.22. The largest absolute Gasteiger partial charge is 0.481 e. The number of carboxylic acids is 1. The van der Waals surface area contributed by atoms with Crippen LogP contribution in [0.1, 0.15) is 37.8 Å². The monoisotopic (exact) mass is 206 g/mol. The van der Waals surface area contributed by atoms with E-state index in [0.29, 0.717) is 12.8 Å². The summed E-state index contributed by atoms with van der Waals surface area (Å²) in [4.78, 5) is 11.4. The lowest BCUT2D eigenvalue weighted by Crippen LogP contribution is -2.34. The Kier molecular flexibility index (Phi) is 3.51. The third kappa shape index (κ3) is 2.04. The van der Waals surface area contributed by atoms with Crippen LogP contribution in [0.15, 0.2) is 24.3 Å². The molecule has 2 heteroatoms. The van der Waals surface area contributed by atoms with Gasteiger partial charge < -0.3 is 5.11 Å². The fraction of sp³-hybridized carbons (Fsp3) is 0.462. The highest BCUT2D eigenvalue weighted by atomic mass is 16.4. The molecule has 0 unspecified atom stereocenters. The molecule has 0 aromatic heterocycles. The molecule has 0 saturated heterocycles. The maximum absolute atomic E-state index is 11.4. The van der Waals surface area contributed by atoms with Crippen LogP contribution >= 0.6 is 0 Å². The van der Waals surface area contributed by atoms with Gasteiger partial charge in [0.1, 0.15) is 0 Å². The average Bonchev–Trinajstić information content (AvgIpc) is 2.22. The zero-order chi connectivity index (χ0) is 11.5. The fourth-order valence-corrected chi connectivity index (χ4v) is 1.96. The zero-order valence-corrected chi connectivity index (χ0v) is 9.58. The van der Waals surface area contributed by atoms with E-state index in [-0.39, 0.29) is 0 Å². The van der Waals surface area contributed by atoms with Crippen LogP contribution in [0.3, 0.4) is 0 Å². The van der Waals surface area contributed by atoms with Crippen molar-refractivity contribution in [3.05, 3.63) is 35.4 Å². The summed E-state index contributed by atoms with van der Waals surface area (Å²) in [5.41, 5.74) is 1.35. The molecule has 15 heavy (non-hydrogen) atoms. The summed E-state index contributed by atoms with van der Waals surface area (Å²) in [6.07, 6.45) is 1.25. The molecule has 0 bridgehead atoms. The Morgan fingerprint density at radius 3 is 2.00 bits per heavy atom. The van der Waals surface area contributed by atoms with Gasteiger partial charge in [0.25, 0.3) is 0 Å². The highest BCUT2D eigenvalue weighted by Crippen LogP contribution is 2.32. The van der Waals surface area contributed by atoms with Crippen LogP contribution in [-0.4, -0.2) is 11.1 Å². The summed E-state index contributed by atoms with van der Waals surface area (Å²) >= 11 is 0. The van der Waals surface area contributed by atoms with Gasteiger partial charge in [-0.25, -0.2) is 0 Å². The molecule has 0 saturated carbocycles. The minimum Gasteiger partial charge on any atom is -0.481 e. The molecule has 82 valence electrons. The van der Waals surface area contributed by atoms with E-state index in [2.05, 4.69) is 0 Å². The van der Waals surface area contributed by atoms with Crippen molar-refractivity contribution < 1.29 is 9.90 Å². The predicted octanol–water partition coefficient (Wildman–Crippen LogP) is 3.14. The van der Waals surface area contributed by atoms with Gasteiger partial charge in [-0.15, -0.1) is 0 Å². The molecule has 1 aromatic rings. The number of rotatable bonds is 4. The van der Waals surface area contributed by atoms with Gasteiger partial charge >= 0.3 is 5.97 Å².